The van der Waals surface area contributed by atoms with Gasteiger partial charge in [0.2, 0.25) is 5.82 Å². The lowest BCUT2D eigenvalue weighted by Gasteiger charge is -2.09. The molecule has 0 fully saturated rings. The van der Waals surface area contributed by atoms with Crippen molar-refractivity contribution in [1.82, 2.24) is 0 Å². The molecule has 0 heterocycles. The minimum absolute atomic E-state index is 0.179. The lowest BCUT2D eigenvalue weighted by molar-refractivity contribution is 0.402. The maximum Gasteiger partial charge on any atom is 0.201 e. The first-order chi connectivity index (χ1) is 6.86. The predicted octanol–water partition coefficient (Wildman–Crippen LogP) is 4.16. The summed E-state index contributed by atoms with van der Waals surface area (Å²) in [5.41, 5.74) is 1.58. The number of allylic oxidation sites excluding steroid dienone is 1. The summed E-state index contributed by atoms with van der Waals surface area (Å²) in [6, 6.07) is 0. The van der Waals surface area contributed by atoms with E-state index in [4.69, 9.17) is 0 Å². The van der Waals surface area contributed by atoms with E-state index in [2.05, 4.69) is 15.9 Å². The van der Waals surface area contributed by atoms with Gasteiger partial charge in [-0.25, -0.2) is 4.39 Å². The molecule has 0 spiro atoms. The van der Waals surface area contributed by atoms with Gasteiger partial charge in [0.1, 0.15) is 0 Å². The highest BCUT2D eigenvalue weighted by molar-refractivity contribution is 9.10. The van der Waals surface area contributed by atoms with E-state index >= 15 is 0 Å². The first-order valence-electron chi connectivity index (χ1n) is 4.37. The van der Waals surface area contributed by atoms with Crippen LogP contribution in [0.25, 0.3) is 6.08 Å². The lowest BCUT2D eigenvalue weighted by atomic mass is 10.0. The number of phenolic OH excluding ortho intramolecular Hbond substituents is 1. The molecule has 1 aromatic carbocycles. The molecule has 0 bridgehead atoms. The van der Waals surface area contributed by atoms with Gasteiger partial charge in [0.15, 0.2) is 11.6 Å². The largest absolute Gasteiger partial charge is 0.504 e. The first kappa shape index (κ1) is 12.2. The van der Waals surface area contributed by atoms with Gasteiger partial charge in [0.05, 0.1) is 4.47 Å². The van der Waals surface area contributed by atoms with E-state index in [-0.39, 0.29) is 10.0 Å². The fourth-order valence-electron chi connectivity index (χ4n) is 1.24. The van der Waals surface area contributed by atoms with Crippen LogP contribution < -0.4 is 0 Å². The van der Waals surface area contributed by atoms with E-state index in [9.17, 15) is 13.9 Å². The van der Waals surface area contributed by atoms with Crippen molar-refractivity contribution in [3.05, 3.63) is 32.8 Å². The SMILES string of the molecule is CC(C)=Cc1c(C)c(F)c(F)c(O)c1Br. The summed E-state index contributed by atoms with van der Waals surface area (Å²) >= 11 is 3.04. The number of benzene rings is 1. The van der Waals surface area contributed by atoms with Crippen LogP contribution in [0.5, 0.6) is 5.75 Å². The molecule has 82 valence electrons. The molecule has 0 saturated heterocycles. The highest BCUT2D eigenvalue weighted by atomic mass is 79.9. The Morgan fingerprint density at radius 3 is 2.27 bits per heavy atom. The van der Waals surface area contributed by atoms with Crippen molar-refractivity contribution in [1.29, 1.82) is 0 Å². The van der Waals surface area contributed by atoms with Crippen molar-refractivity contribution in [3.8, 4) is 5.75 Å². The van der Waals surface area contributed by atoms with Crippen LogP contribution in [0.1, 0.15) is 25.0 Å². The molecule has 4 heteroatoms. The molecule has 0 aliphatic heterocycles. The molecular weight excluding hydrogens is 266 g/mol. The average molecular weight is 277 g/mol. The molecule has 0 saturated carbocycles. The van der Waals surface area contributed by atoms with Gasteiger partial charge in [-0.1, -0.05) is 11.6 Å². The molecule has 0 atom stereocenters. The fraction of sp³-hybridized carbons (Fsp3) is 0.273. The molecule has 1 rings (SSSR count). The zero-order valence-corrected chi connectivity index (χ0v) is 10.2. The molecule has 1 nitrogen and oxygen atoms in total. The number of rotatable bonds is 1. The van der Waals surface area contributed by atoms with E-state index < -0.39 is 17.4 Å². The van der Waals surface area contributed by atoms with Crippen LogP contribution in [-0.2, 0) is 0 Å². The lowest BCUT2D eigenvalue weighted by Crippen LogP contribution is -1.95. The third kappa shape index (κ3) is 2.20. The van der Waals surface area contributed by atoms with Crippen LogP contribution in [0, 0.1) is 18.6 Å². The summed E-state index contributed by atoms with van der Waals surface area (Å²) in [7, 11) is 0. The van der Waals surface area contributed by atoms with E-state index in [1.807, 2.05) is 13.8 Å². The third-order valence-corrected chi connectivity index (χ3v) is 2.81. The minimum atomic E-state index is -1.22. The Kier molecular flexibility index (Phi) is 3.50. The highest BCUT2D eigenvalue weighted by Gasteiger charge is 2.19. The highest BCUT2D eigenvalue weighted by Crippen LogP contribution is 2.36. The number of hydrogen-bond donors (Lipinski definition) is 1. The Labute approximate surface area is 95.6 Å². The molecular formula is C11H11BrF2O. The second kappa shape index (κ2) is 4.31. The minimum Gasteiger partial charge on any atom is -0.504 e. The Morgan fingerprint density at radius 2 is 1.80 bits per heavy atom. The van der Waals surface area contributed by atoms with Crippen molar-refractivity contribution >= 4 is 22.0 Å². The number of halogens is 3. The zero-order chi connectivity index (χ0) is 11.7. The van der Waals surface area contributed by atoms with Gasteiger partial charge in [-0.05, 0) is 47.8 Å². The van der Waals surface area contributed by atoms with Crippen molar-refractivity contribution in [3.63, 3.8) is 0 Å². The average Bonchev–Trinajstić information content (AvgIpc) is 2.18. The Bertz CT molecular complexity index is 406. The third-order valence-electron chi connectivity index (χ3n) is 2.01. The van der Waals surface area contributed by atoms with Crippen molar-refractivity contribution < 1.29 is 13.9 Å². The van der Waals surface area contributed by atoms with E-state index in [1.165, 1.54) is 6.92 Å². The van der Waals surface area contributed by atoms with Crippen molar-refractivity contribution in [2.24, 2.45) is 0 Å². The van der Waals surface area contributed by atoms with Gasteiger partial charge >= 0.3 is 0 Å². The summed E-state index contributed by atoms with van der Waals surface area (Å²) in [6.07, 6.45) is 1.68. The molecule has 0 unspecified atom stereocenters. The standard InChI is InChI=1S/C11H11BrF2O/c1-5(2)4-7-6(3)9(13)10(14)11(15)8(7)12/h4,15H,1-3H3. The zero-order valence-electron chi connectivity index (χ0n) is 8.66. The monoisotopic (exact) mass is 276 g/mol. The Balaban J connectivity index is 3.60. The topological polar surface area (TPSA) is 20.2 Å². The van der Waals surface area contributed by atoms with Crippen LogP contribution in [0.3, 0.4) is 0 Å². The normalized spacial score (nSPS) is 10.3. The van der Waals surface area contributed by atoms with Crippen LogP contribution in [-0.4, -0.2) is 5.11 Å². The second-order valence-corrected chi connectivity index (χ2v) is 4.34. The fourth-order valence-corrected chi connectivity index (χ4v) is 1.82. The summed E-state index contributed by atoms with van der Waals surface area (Å²) in [4.78, 5) is 0. The van der Waals surface area contributed by atoms with Crippen LogP contribution in [0.2, 0.25) is 0 Å². The molecule has 1 aromatic rings. The molecule has 0 aliphatic carbocycles. The Hall–Kier alpha value is -0.900. The smallest absolute Gasteiger partial charge is 0.201 e. The summed E-state index contributed by atoms with van der Waals surface area (Å²) in [6.45, 7) is 5.14. The predicted molar refractivity (Wildman–Crippen MR) is 59.8 cm³/mol. The van der Waals surface area contributed by atoms with E-state index in [1.54, 1.807) is 6.08 Å². The van der Waals surface area contributed by atoms with Crippen LogP contribution in [0.15, 0.2) is 10.0 Å². The van der Waals surface area contributed by atoms with Crippen molar-refractivity contribution in [2.45, 2.75) is 20.8 Å². The Morgan fingerprint density at radius 1 is 1.27 bits per heavy atom. The van der Waals surface area contributed by atoms with Gasteiger partial charge < -0.3 is 5.11 Å². The summed E-state index contributed by atoms with van der Waals surface area (Å²) < 4.78 is 26.6. The number of hydrogen-bond acceptors (Lipinski definition) is 1. The quantitative estimate of drug-likeness (QED) is 0.764. The van der Waals surface area contributed by atoms with Crippen LogP contribution in [0.4, 0.5) is 8.78 Å². The number of phenols is 1. The summed E-state index contributed by atoms with van der Waals surface area (Å²) in [5.74, 6) is -2.92. The van der Waals surface area contributed by atoms with Gasteiger partial charge in [-0.3, -0.25) is 0 Å². The first-order valence-corrected chi connectivity index (χ1v) is 5.16. The summed E-state index contributed by atoms with van der Waals surface area (Å²) in [5, 5.41) is 9.31. The van der Waals surface area contributed by atoms with E-state index in [0.717, 1.165) is 5.57 Å². The maximum atomic E-state index is 13.3. The molecule has 15 heavy (non-hydrogen) atoms. The van der Waals surface area contributed by atoms with Crippen molar-refractivity contribution in [2.75, 3.05) is 0 Å². The molecule has 0 aromatic heterocycles. The van der Waals surface area contributed by atoms with Gasteiger partial charge in [0.25, 0.3) is 0 Å². The van der Waals surface area contributed by atoms with Crippen LogP contribution >= 0.6 is 15.9 Å². The molecule has 1 N–H and O–H groups in total. The van der Waals surface area contributed by atoms with Gasteiger partial charge in [0, 0.05) is 0 Å². The molecule has 0 radical (unpaired) electrons. The molecule has 0 aliphatic rings. The maximum absolute atomic E-state index is 13.3. The van der Waals surface area contributed by atoms with E-state index in [0.29, 0.717) is 5.56 Å². The second-order valence-electron chi connectivity index (χ2n) is 3.55. The van der Waals surface area contributed by atoms with Gasteiger partial charge in [-0.2, -0.15) is 4.39 Å². The number of aromatic hydroxyl groups is 1. The van der Waals surface area contributed by atoms with Gasteiger partial charge in [-0.15, -0.1) is 0 Å². The molecule has 0 amide bonds.